The van der Waals surface area contributed by atoms with Crippen molar-refractivity contribution in [3.05, 3.63) is 46.0 Å². The molecule has 0 amide bonds. The van der Waals surface area contributed by atoms with Crippen molar-refractivity contribution < 1.29 is 0 Å². The van der Waals surface area contributed by atoms with Gasteiger partial charge in [0, 0.05) is 21.3 Å². The molecule has 0 spiro atoms. The SMILES string of the molecule is Nc1cc(Br)ccc1Sc1ncccc1Cl. The largest absolute Gasteiger partial charge is 0.398 e. The van der Waals surface area contributed by atoms with Crippen LogP contribution in [-0.4, -0.2) is 4.98 Å². The molecular weight excluding hydrogens is 308 g/mol. The molecule has 0 atom stereocenters. The Balaban J connectivity index is 2.31. The number of rotatable bonds is 2. The Morgan fingerprint density at radius 2 is 2.12 bits per heavy atom. The van der Waals surface area contributed by atoms with Gasteiger partial charge in [0.25, 0.3) is 0 Å². The molecule has 0 fully saturated rings. The molecule has 0 aliphatic rings. The number of anilines is 1. The van der Waals surface area contributed by atoms with Crippen LogP contribution in [0, 0.1) is 0 Å². The van der Waals surface area contributed by atoms with Crippen molar-refractivity contribution in [1.29, 1.82) is 0 Å². The van der Waals surface area contributed by atoms with Crippen molar-refractivity contribution in [3.63, 3.8) is 0 Å². The first-order valence-corrected chi connectivity index (χ1v) is 6.49. The van der Waals surface area contributed by atoms with E-state index >= 15 is 0 Å². The zero-order valence-corrected chi connectivity index (χ0v) is 11.3. The topological polar surface area (TPSA) is 38.9 Å². The maximum absolute atomic E-state index is 6.02. The van der Waals surface area contributed by atoms with Crippen LogP contribution in [0.15, 0.2) is 50.9 Å². The van der Waals surface area contributed by atoms with Gasteiger partial charge in [0.05, 0.1) is 5.02 Å². The molecule has 2 aromatic rings. The molecule has 1 heterocycles. The van der Waals surface area contributed by atoms with Crippen LogP contribution < -0.4 is 5.73 Å². The van der Waals surface area contributed by atoms with Gasteiger partial charge in [-0.3, -0.25) is 0 Å². The van der Waals surface area contributed by atoms with E-state index in [4.69, 9.17) is 17.3 Å². The van der Waals surface area contributed by atoms with Crippen molar-refractivity contribution in [2.75, 3.05) is 5.73 Å². The summed E-state index contributed by atoms with van der Waals surface area (Å²) in [5.41, 5.74) is 6.61. The van der Waals surface area contributed by atoms with Gasteiger partial charge in [-0.15, -0.1) is 0 Å². The van der Waals surface area contributed by atoms with E-state index in [9.17, 15) is 0 Å². The fourth-order valence-corrected chi connectivity index (χ4v) is 2.58. The van der Waals surface area contributed by atoms with Gasteiger partial charge in [0.15, 0.2) is 0 Å². The van der Waals surface area contributed by atoms with Crippen LogP contribution in [0.4, 0.5) is 5.69 Å². The van der Waals surface area contributed by atoms with Gasteiger partial charge < -0.3 is 5.73 Å². The summed E-state index contributed by atoms with van der Waals surface area (Å²) >= 11 is 10.9. The highest BCUT2D eigenvalue weighted by atomic mass is 79.9. The summed E-state index contributed by atoms with van der Waals surface area (Å²) in [6.45, 7) is 0. The Morgan fingerprint density at radius 3 is 2.81 bits per heavy atom. The third kappa shape index (κ3) is 2.70. The molecule has 1 aromatic heterocycles. The fourth-order valence-electron chi connectivity index (χ4n) is 1.16. The van der Waals surface area contributed by atoms with Crippen molar-refractivity contribution in [2.24, 2.45) is 0 Å². The third-order valence-electron chi connectivity index (χ3n) is 1.90. The van der Waals surface area contributed by atoms with Crippen LogP contribution in [0.2, 0.25) is 5.02 Å². The van der Waals surface area contributed by atoms with E-state index in [0.29, 0.717) is 10.7 Å². The van der Waals surface area contributed by atoms with Crippen molar-refractivity contribution in [2.45, 2.75) is 9.92 Å². The quantitative estimate of drug-likeness (QED) is 0.843. The van der Waals surface area contributed by atoms with Crippen molar-refractivity contribution in [1.82, 2.24) is 4.98 Å². The second kappa shape index (κ2) is 5.08. The van der Waals surface area contributed by atoms with E-state index in [2.05, 4.69) is 20.9 Å². The normalized spacial score (nSPS) is 10.4. The Bertz CT molecular complexity index is 519. The number of pyridine rings is 1. The van der Waals surface area contributed by atoms with E-state index in [0.717, 1.165) is 14.4 Å². The van der Waals surface area contributed by atoms with Crippen LogP contribution in [0.5, 0.6) is 0 Å². The van der Waals surface area contributed by atoms with Gasteiger partial charge in [-0.05, 0) is 30.3 Å². The van der Waals surface area contributed by atoms with Gasteiger partial charge in [0.1, 0.15) is 5.03 Å². The second-order valence-corrected chi connectivity index (χ2v) is 5.43. The lowest BCUT2D eigenvalue weighted by Crippen LogP contribution is -1.89. The third-order valence-corrected chi connectivity index (χ3v) is 3.92. The maximum atomic E-state index is 6.02. The molecule has 5 heteroatoms. The van der Waals surface area contributed by atoms with E-state index in [1.54, 1.807) is 12.3 Å². The summed E-state index contributed by atoms with van der Waals surface area (Å²) in [5, 5.41) is 1.40. The molecule has 0 aliphatic heterocycles. The molecule has 0 saturated carbocycles. The summed E-state index contributed by atoms with van der Waals surface area (Å²) in [5.74, 6) is 0. The number of nitrogens with two attached hydrogens (primary N) is 1. The van der Waals surface area contributed by atoms with Gasteiger partial charge in [-0.2, -0.15) is 0 Å². The van der Waals surface area contributed by atoms with Gasteiger partial charge in [-0.25, -0.2) is 4.98 Å². The molecule has 0 bridgehead atoms. The monoisotopic (exact) mass is 314 g/mol. The number of nitrogens with zero attached hydrogens (tertiary/aromatic N) is 1. The predicted octanol–water partition coefficient (Wildman–Crippen LogP) is 4.23. The first kappa shape index (κ1) is 11.8. The summed E-state index contributed by atoms with van der Waals surface area (Å²) in [4.78, 5) is 5.15. The minimum atomic E-state index is 0.634. The number of aromatic nitrogens is 1. The first-order valence-electron chi connectivity index (χ1n) is 4.50. The first-order chi connectivity index (χ1) is 7.66. The van der Waals surface area contributed by atoms with Crippen LogP contribution in [0.25, 0.3) is 0 Å². The number of hydrogen-bond acceptors (Lipinski definition) is 3. The van der Waals surface area contributed by atoms with Crippen molar-refractivity contribution >= 4 is 45.0 Å². The molecule has 0 aliphatic carbocycles. The number of benzene rings is 1. The number of halogens is 2. The van der Waals surface area contributed by atoms with Crippen LogP contribution in [0.3, 0.4) is 0 Å². The molecule has 2 N–H and O–H groups in total. The Morgan fingerprint density at radius 1 is 1.31 bits per heavy atom. The zero-order chi connectivity index (χ0) is 11.5. The van der Waals surface area contributed by atoms with Crippen LogP contribution >= 0.6 is 39.3 Å². The summed E-state index contributed by atoms with van der Waals surface area (Å²) in [6.07, 6.45) is 1.71. The molecule has 2 nitrogen and oxygen atoms in total. The number of hydrogen-bond donors (Lipinski definition) is 1. The Labute approximate surface area is 111 Å². The minimum Gasteiger partial charge on any atom is -0.398 e. The smallest absolute Gasteiger partial charge is 0.119 e. The molecule has 82 valence electrons. The average molecular weight is 316 g/mol. The van der Waals surface area contributed by atoms with Gasteiger partial charge in [0.2, 0.25) is 0 Å². The molecule has 16 heavy (non-hydrogen) atoms. The van der Waals surface area contributed by atoms with Crippen LogP contribution in [0.1, 0.15) is 0 Å². The standard InChI is InChI=1S/C11H8BrClN2S/c12-7-3-4-10(9(14)6-7)16-11-8(13)2-1-5-15-11/h1-6H,14H2. The average Bonchev–Trinajstić information content (AvgIpc) is 2.25. The van der Waals surface area contributed by atoms with E-state index < -0.39 is 0 Å². The lowest BCUT2D eigenvalue weighted by atomic mass is 10.3. The molecule has 1 aromatic carbocycles. The zero-order valence-electron chi connectivity index (χ0n) is 8.15. The highest BCUT2D eigenvalue weighted by molar-refractivity contribution is 9.10. The summed E-state index contributed by atoms with van der Waals surface area (Å²) in [6, 6.07) is 9.35. The van der Waals surface area contributed by atoms with Gasteiger partial charge in [-0.1, -0.05) is 39.3 Å². The summed E-state index contributed by atoms with van der Waals surface area (Å²) in [7, 11) is 0. The fraction of sp³-hybridized carbons (Fsp3) is 0. The molecule has 0 radical (unpaired) electrons. The highest BCUT2D eigenvalue weighted by Crippen LogP contribution is 2.35. The lowest BCUT2D eigenvalue weighted by Gasteiger charge is -2.06. The van der Waals surface area contributed by atoms with E-state index in [1.165, 1.54) is 11.8 Å². The van der Waals surface area contributed by atoms with E-state index in [1.807, 2.05) is 24.3 Å². The molecular formula is C11H8BrClN2S. The minimum absolute atomic E-state index is 0.634. The van der Waals surface area contributed by atoms with E-state index in [-0.39, 0.29) is 0 Å². The second-order valence-electron chi connectivity index (χ2n) is 3.07. The summed E-state index contributed by atoms with van der Waals surface area (Å²) < 4.78 is 0.960. The number of nitrogen functional groups attached to an aromatic ring is 1. The van der Waals surface area contributed by atoms with Crippen molar-refractivity contribution in [3.8, 4) is 0 Å². The highest BCUT2D eigenvalue weighted by Gasteiger charge is 2.06. The Hall–Kier alpha value is -0.710. The molecule has 2 rings (SSSR count). The Kier molecular flexibility index (Phi) is 3.74. The molecule has 0 unspecified atom stereocenters. The molecule has 0 saturated heterocycles. The van der Waals surface area contributed by atoms with Gasteiger partial charge >= 0.3 is 0 Å². The lowest BCUT2D eigenvalue weighted by molar-refractivity contribution is 1.13. The maximum Gasteiger partial charge on any atom is 0.119 e. The van der Waals surface area contributed by atoms with Crippen LogP contribution in [-0.2, 0) is 0 Å². The predicted molar refractivity (Wildman–Crippen MR) is 71.9 cm³/mol.